The topological polar surface area (TPSA) is 155 Å². The molecule has 0 aliphatic carbocycles. The number of aromatic nitrogens is 9. The predicted octanol–water partition coefficient (Wildman–Crippen LogP) is 34.9. The molecule has 28 aromatic rings. The molecule has 0 spiro atoms. The zero-order valence-electron chi connectivity index (χ0n) is 78.2. The van der Waals surface area contributed by atoms with E-state index in [9.17, 15) is 0 Å². The van der Waals surface area contributed by atoms with Gasteiger partial charge in [0.2, 0.25) is 0 Å². The third-order valence-electron chi connectivity index (χ3n) is 27.1. The molecule has 0 saturated heterocycles. The summed E-state index contributed by atoms with van der Waals surface area (Å²) >= 11 is 0. The second-order valence-electron chi connectivity index (χ2n) is 36.1. The van der Waals surface area contributed by atoms with Gasteiger partial charge in [-0.3, -0.25) is 0 Å². The Bertz CT molecular complexity index is 9630. The van der Waals surface area contributed by atoms with Crippen molar-refractivity contribution in [2.24, 2.45) is 0 Å². The number of fused-ring (bicyclic) bond motifs is 13. The minimum Gasteiger partial charge on any atom is -0.455 e. The molecule has 12 nitrogen and oxygen atoms in total. The van der Waals surface area contributed by atoms with E-state index in [4.69, 9.17) is 58.1 Å². The summed E-state index contributed by atoms with van der Waals surface area (Å²) in [6, 6.07) is 174. The van der Waals surface area contributed by atoms with Crippen molar-refractivity contribution >= 4 is 109 Å². The predicted molar refractivity (Wildman–Crippen MR) is 593 cm³/mol. The highest BCUT2D eigenvalue weighted by molar-refractivity contribution is 6.21. The van der Waals surface area contributed by atoms with Crippen LogP contribution in [0.5, 0.6) is 0 Å². The largest absolute Gasteiger partial charge is 0.455 e. The summed E-state index contributed by atoms with van der Waals surface area (Å²) in [4.78, 5) is 45.3. The lowest BCUT2D eigenvalue weighted by molar-refractivity contribution is 0.669. The Morgan fingerprint density at radius 1 is 0.117 bits per heavy atom. The zero-order chi connectivity index (χ0) is 96.0. The summed E-state index contributed by atoms with van der Waals surface area (Å²) in [5.74, 6) is 5.55. The first-order chi connectivity index (χ1) is 71.8. The van der Waals surface area contributed by atoms with Crippen LogP contribution in [0.3, 0.4) is 0 Å². The fourth-order valence-corrected chi connectivity index (χ4v) is 20.2. The van der Waals surface area contributed by atoms with E-state index in [1.54, 1.807) is 0 Å². The van der Waals surface area contributed by atoms with Gasteiger partial charge in [0.15, 0.2) is 52.4 Å². The van der Waals surface area contributed by atoms with Crippen molar-refractivity contribution in [2.45, 2.75) is 0 Å². The Hall–Kier alpha value is -19.7. The molecule has 0 aliphatic heterocycles. The van der Waals surface area contributed by atoms with Gasteiger partial charge in [-0.1, -0.05) is 437 Å². The van der Waals surface area contributed by atoms with Crippen molar-refractivity contribution in [3.8, 4) is 169 Å². The zero-order valence-corrected chi connectivity index (χ0v) is 78.2. The Morgan fingerprint density at radius 2 is 0.372 bits per heavy atom. The van der Waals surface area contributed by atoms with E-state index in [0.29, 0.717) is 52.4 Å². The summed E-state index contributed by atoms with van der Waals surface area (Å²) in [6.07, 6.45) is 0. The molecule has 6 aromatic heterocycles. The van der Waals surface area contributed by atoms with Crippen LogP contribution in [0.2, 0.25) is 0 Å². The first kappa shape index (κ1) is 85.7. The third-order valence-corrected chi connectivity index (χ3v) is 27.1. The molecular formula is C133H83N9O3. The number of furan rings is 3. The first-order valence-electron chi connectivity index (χ1n) is 48.5. The molecule has 0 atom stereocenters. The highest BCUT2D eigenvalue weighted by Gasteiger charge is 2.28. The fourth-order valence-electron chi connectivity index (χ4n) is 20.2. The molecule has 0 N–H and O–H groups in total. The van der Waals surface area contributed by atoms with Gasteiger partial charge < -0.3 is 13.3 Å². The molecule has 0 aliphatic rings. The van der Waals surface area contributed by atoms with Gasteiger partial charge in [0.1, 0.15) is 33.5 Å². The number of rotatable bonds is 15. The van der Waals surface area contributed by atoms with Crippen LogP contribution in [0, 0.1) is 0 Å². The van der Waals surface area contributed by atoms with E-state index in [2.05, 4.69) is 273 Å². The van der Waals surface area contributed by atoms with E-state index < -0.39 is 0 Å². The summed E-state index contributed by atoms with van der Waals surface area (Å²) in [7, 11) is 0. The van der Waals surface area contributed by atoms with Crippen LogP contribution in [-0.4, -0.2) is 44.9 Å². The Balaban J connectivity index is 0.000000111. The number of hydrogen-bond donors (Lipinski definition) is 0. The number of nitrogens with zero attached hydrogens (tertiary/aromatic N) is 9. The Morgan fingerprint density at radius 3 is 0.759 bits per heavy atom. The first-order valence-corrected chi connectivity index (χ1v) is 48.5. The smallest absolute Gasteiger partial charge is 0.164 e. The van der Waals surface area contributed by atoms with Gasteiger partial charge in [-0.25, -0.2) is 44.9 Å². The van der Waals surface area contributed by atoms with Crippen LogP contribution >= 0.6 is 0 Å². The molecule has 0 amide bonds. The summed E-state index contributed by atoms with van der Waals surface area (Å²) < 4.78 is 20.4. The van der Waals surface area contributed by atoms with Crippen LogP contribution in [0.25, 0.3) is 278 Å². The maximum absolute atomic E-state index is 6.89. The Kier molecular flexibility index (Phi) is 22.0. The monoisotopic (exact) mass is 1850 g/mol. The van der Waals surface area contributed by atoms with Gasteiger partial charge in [0, 0.05) is 99.1 Å². The maximum atomic E-state index is 6.89. The van der Waals surface area contributed by atoms with Gasteiger partial charge in [-0.05, 0) is 160 Å². The van der Waals surface area contributed by atoms with E-state index in [1.165, 1.54) is 48.7 Å². The van der Waals surface area contributed by atoms with Crippen LogP contribution < -0.4 is 0 Å². The molecule has 28 rings (SSSR count). The third kappa shape index (κ3) is 16.4. The van der Waals surface area contributed by atoms with Crippen molar-refractivity contribution in [3.05, 3.63) is 504 Å². The van der Waals surface area contributed by atoms with Crippen molar-refractivity contribution in [3.63, 3.8) is 0 Å². The summed E-state index contributed by atoms with van der Waals surface area (Å²) in [5, 5.41) is 15.5. The van der Waals surface area contributed by atoms with Crippen LogP contribution in [0.15, 0.2) is 517 Å². The van der Waals surface area contributed by atoms with Crippen molar-refractivity contribution in [2.75, 3.05) is 0 Å². The molecule has 0 saturated carbocycles. The summed E-state index contributed by atoms with van der Waals surface area (Å²) in [5.41, 5.74) is 26.4. The van der Waals surface area contributed by atoms with Gasteiger partial charge in [-0.2, -0.15) is 0 Å². The quantitative estimate of drug-likeness (QED) is 0.0959. The van der Waals surface area contributed by atoms with Crippen molar-refractivity contribution < 1.29 is 13.3 Å². The number of benzene rings is 22. The fraction of sp³-hybridized carbons (Fsp3) is 0. The maximum Gasteiger partial charge on any atom is 0.164 e. The average molecular weight is 1860 g/mol. The minimum absolute atomic E-state index is 0.596. The lowest BCUT2D eigenvalue weighted by Crippen LogP contribution is -2.00. The molecule has 6 heterocycles. The molecule has 0 bridgehead atoms. The van der Waals surface area contributed by atoms with E-state index in [0.717, 1.165) is 177 Å². The molecule has 0 unspecified atom stereocenters. The van der Waals surface area contributed by atoms with E-state index >= 15 is 0 Å². The van der Waals surface area contributed by atoms with Gasteiger partial charge in [0.05, 0.1) is 0 Å². The standard InChI is InChI=1S/2C47H29N3O.C39H25N3O/c1-3-16-32(17-4-1)45-48-46(33-18-5-2-6-19-33)50-47(49-45)39-26-13-27-42-43(39)41-29-34(37-24-11-20-30-14-7-9-22-35(30)37)28-40(44(41)51-42)38-25-12-21-31-15-8-10-23-36(31)38;1-3-14-32(15-4-1)45-48-46(33-16-5-2-6-17-33)50-47(49-45)39-20-11-21-42-43(39)41-29-38(36-24-22-30-12-7-9-18-34(30)26-36)28-40(44(41)51-42)37-25-23-31-13-8-10-19-35(31)27-37;1-5-14-26(15-6-1)30-24-32(27-16-7-2-8-17-27)36-33(25-30)35-31(22-13-23-34(35)43-36)39-41-37(28-18-9-3-10-19-28)40-38(42-39)29-20-11-4-12-21-29/h2*1-29H;1-25H. The second kappa shape index (κ2) is 37.2. The van der Waals surface area contributed by atoms with E-state index in [1.807, 2.05) is 231 Å². The minimum atomic E-state index is 0.596. The molecular weight excluding hydrogens is 1770 g/mol. The molecule has 0 radical (unpaired) electrons. The average Bonchev–Trinajstić information content (AvgIpc) is 1.60. The van der Waals surface area contributed by atoms with Gasteiger partial charge in [0.25, 0.3) is 0 Å². The highest BCUT2D eigenvalue weighted by atomic mass is 16.3. The number of hydrogen-bond acceptors (Lipinski definition) is 12. The van der Waals surface area contributed by atoms with Gasteiger partial charge in [-0.15, -0.1) is 0 Å². The van der Waals surface area contributed by atoms with Crippen LogP contribution in [0.4, 0.5) is 0 Å². The molecule has 22 aromatic carbocycles. The lowest BCUT2D eigenvalue weighted by atomic mass is 9.91. The lowest BCUT2D eigenvalue weighted by Gasteiger charge is -2.13. The Labute approximate surface area is 834 Å². The molecule has 678 valence electrons. The normalized spacial score (nSPS) is 11.4. The van der Waals surface area contributed by atoms with Crippen LogP contribution in [-0.2, 0) is 0 Å². The SMILES string of the molecule is c1ccc(-c2cc(-c3ccccc3)c3oc4cccc(-c5nc(-c6ccccc6)nc(-c6ccccc6)n5)c4c3c2)cc1.c1ccc(-c2nc(-c3ccccc3)nc(-c3cccc4oc5c(-c6ccc7ccccc7c6)cc(-c6ccc7ccccc7c6)cc5c34)n2)cc1.c1ccc(-c2nc(-c3ccccc3)nc(-c3cccc4oc5c(-c6cccc7ccccc67)cc(-c6cccc7ccccc67)cc5c34)n2)cc1. The van der Waals surface area contributed by atoms with Crippen molar-refractivity contribution in [1.82, 2.24) is 44.9 Å². The molecule has 0 fully saturated rings. The highest BCUT2D eigenvalue weighted by Crippen LogP contribution is 2.50. The van der Waals surface area contributed by atoms with Gasteiger partial charge >= 0.3 is 0 Å². The summed E-state index contributed by atoms with van der Waals surface area (Å²) in [6.45, 7) is 0. The molecule has 145 heavy (non-hydrogen) atoms. The van der Waals surface area contributed by atoms with Crippen LogP contribution in [0.1, 0.15) is 0 Å². The molecule has 12 heteroatoms. The van der Waals surface area contributed by atoms with E-state index in [-0.39, 0.29) is 0 Å². The second-order valence-corrected chi connectivity index (χ2v) is 36.1. The van der Waals surface area contributed by atoms with Crippen molar-refractivity contribution in [1.29, 1.82) is 0 Å².